The molecule has 3 rings (SSSR count). The van der Waals surface area contributed by atoms with E-state index in [4.69, 9.17) is 0 Å². The predicted molar refractivity (Wildman–Crippen MR) is 91.3 cm³/mol. The van der Waals surface area contributed by atoms with Crippen LogP contribution in [0.4, 0.5) is 5.69 Å². The smallest absolute Gasteiger partial charge is 0.256 e. The van der Waals surface area contributed by atoms with Gasteiger partial charge in [-0.2, -0.15) is 0 Å². The number of carbonyl (C=O) groups excluding carboxylic acids is 1. The summed E-state index contributed by atoms with van der Waals surface area (Å²) in [6, 6.07) is 15.4. The Balaban J connectivity index is 1.78. The summed E-state index contributed by atoms with van der Waals surface area (Å²) in [7, 11) is 0. The lowest BCUT2D eigenvalue weighted by molar-refractivity contribution is 0.102. The van der Waals surface area contributed by atoms with E-state index in [2.05, 4.69) is 15.3 Å². The Morgan fingerprint density at radius 3 is 2.30 bits per heavy atom. The number of nitrogens with one attached hydrogen (secondary N) is 1. The number of aryl methyl sites for hydroxylation is 1. The monoisotopic (exact) mass is 303 g/mol. The fourth-order valence-electron chi connectivity index (χ4n) is 2.32. The van der Waals surface area contributed by atoms with Crippen LogP contribution in [-0.2, 0) is 0 Å². The van der Waals surface area contributed by atoms with Gasteiger partial charge in [-0.15, -0.1) is 0 Å². The number of hydrogen-bond donors (Lipinski definition) is 1. The van der Waals surface area contributed by atoms with E-state index < -0.39 is 0 Å². The first-order valence-electron chi connectivity index (χ1n) is 7.40. The Morgan fingerprint density at radius 1 is 0.913 bits per heavy atom. The number of aromatic nitrogens is 2. The van der Waals surface area contributed by atoms with Gasteiger partial charge in [0.05, 0.1) is 18.1 Å². The summed E-state index contributed by atoms with van der Waals surface area (Å²) in [6.45, 7) is 3.93. The van der Waals surface area contributed by atoms with Gasteiger partial charge in [0.15, 0.2) is 5.82 Å². The molecule has 1 amide bonds. The van der Waals surface area contributed by atoms with Crippen LogP contribution in [-0.4, -0.2) is 15.9 Å². The molecule has 4 heteroatoms. The minimum atomic E-state index is -0.151. The SMILES string of the molecule is Cc1cccc(C(=O)Nc2cnc(-c3ccccc3)nc2)c1C. The summed E-state index contributed by atoms with van der Waals surface area (Å²) >= 11 is 0. The van der Waals surface area contributed by atoms with Gasteiger partial charge in [0.2, 0.25) is 0 Å². The Hall–Kier alpha value is -3.01. The quantitative estimate of drug-likeness (QED) is 0.795. The molecule has 1 heterocycles. The average molecular weight is 303 g/mol. The van der Waals surface area contributed by atoms with Crippen molar-refractivity contribution in [1.82, 2.24) is 9.97 Å². The molecule has 0 unspecified atom stereocenters. The van der Waals surface area contributed by atoms with Gasteiger partial charge in [-0.1, -0.05) is 42.5 Å². The highest BCUT2D eigenvalue weighted by Crippen LogP contribution is 2.17. The van der Waals surface area contributed by atoms with Crippen LogP contribution in [0.1, 0.15) is 21.5 Å². The average Bonchev–Trinajstić information content (AvgIpc) is 2.59. The van der Waals surface area contributed by atoms with E-state index in [1.165, 1.54) is 0 Å². The molecule has 2 aromatic carbocycles. The molecule has 0 saturated carbocycles. The maximum atomic E-state index is 12.4. The number of rotatable bonds is 3. The normalized spacial score (nSPS) is 10.3. The van der Waals surface area contributed by atoms with Crippen LogP contribution in [0.15, 0.2) is 60.9 Å². The zero-order valence-corrected chi connectivity index (χ0v) is 13.1. The fraction of sp³-hybridized carbons (Fsp3) is 0.105. The van der Waals surface area contributed by atoms with Crippen LogP contribution in [0.25, 0.3) is 11.4 Å². The maximum Gasteiger partial charge on any atom is 0.256 e. The van der Waals surface area contributed by atoms with E-state index in [0.717, 1.165) is 16.7 Å². The summed E-state index contributed by atoms with van der Waals surface area (Å²) in [5.74, 6) is 0.484. The minimum absolute atomic E-state index is 0.151. The van der Waals surface area contributed by atoms with Crippen LogP contribution in [0, 0.1) is 13.8 Å². The molecule has 0 fully saturated rings. The lowest BCUT2D eigenvalue weighted by Crippen LogP contribution is -2.14. The van der Waals surface area contributed by atoms with Gasteiger partial charge in [-0.05, 0) is 31.0 Å². The van der Waals surface area contributed by atoms with Gasteiger partial charge in [0, 0.05) is 11.1 Å². The van der Waals surface area contributed by atoms with E-state index in [1.807, 2.05) is 62.4 Å². The van der Waals surface area contributed by atoms with E-state index in [9.17, 15) is 4.79 Å². The molecule has 1 aromatic heterocycles. The predicted octanol–water partition coefficient (Wildman–Crippen LogP) is 4.01. The molecule has 0 radical (unpaired) electrons. The Morgan fingerprint density at radius 2 is 1.61 bits per heavy atom. The number of benzene rings is 2. The van der Waals surface area contributed by atoms with Crippen molar-refractivity contribution < 1.29 is 4.79 Å². The van der Waals surface area contributed by atoms with Crippen LogP contribution in [0.2, 0.25) is 0 Å². The zero-order chi connectivity index (χ0) is 16.2. The van der Waals surface area contributed by atoms with Crippen LogP contribution >= 0.6 is 0 Å². The van der Waals surface area contributed by atoms with Gasteiger partial charge in [0.25, 0.3) is 5.91 Å². The van der Waals surface area contributed by atoms with Crippen molar-refractivity contribution in [1.29, 1.82) is 0 Å². The Bertz CT molecular complexity index is 827. The molecule has 0 atom stereocenters. The van der Waals surface area contributed by atoms with Crippen molar-refractivity contribution in [3.05, 3.63) is 77.6 Å². The van der Waals surface area contributed by atoms with Crippen molar-refractivity contribution in [2.75, 3.05) is 5.32 Å². The molecule has 4 nitrogen and oxygen atoms in total. The summed E-state index contributed by atoms with van der Waals surface area (Å²) in [5, 5.41) is 2.84. The summed E-state index contributed by atoms with van der Waals surface area (Å²) in [6.07, 6.45) is 3.25. The number of hydrogen-bond acceptors (Lipinski definition) is 3. The number of carbonyl (C=O) groups is 1. The largest absolute Gasteiger partial charge is 0.319 e. The number of nitrogens with zero attached hydrogens (tertiary/aromatic N) is 2. The summed E-state index contributed by atoms with van der Waals surface area (Å²) in [5.41, 5.74) is 4.26. The Labute approximate surface area is 135 Å². The first kappa shape index (κ1) is 14.9. The first-order valence-corrected chi connectivity index (χ1v) is 7.40. The van der Waals surface area contributed by atoms with Crippen molar-refractivity contribution in [2.24, 2.45) is 0 Å². The standard InChI is InChI=1S/C19H17N3O/c1-13-7-6-10-17(14(13)2)19(23)22-16-11-20-18(21-12-16)15-8-4-3-5-9-15/h3-12H,1-2H3,(H,22,23). The van der Waals surface area contributed by atoms with Crippen LogP contribution in [0.5, 0.6) is 0 Å². The number of amides is 1. The molecule has 0 aliphatic rings. The van der Waals surface area contributed by atoms with Crippen LogP contribution < -0.4 is 5.32 Å². The van der Waals surface area contributed by atoms with Crippen molar-refractivity contribution in [3.63, 3.8) is 0 Å². The first-order chi connectivity index (χ1) is 11.1. The molecule has 23 heavy (non-hydrogen) atoms. The third-order valence-electron chi connectivity index (χ3n) is 3.79. The van der Waals surface area contributed by atoms with E-state index in [-0.39, 0.29) is 5.91 Å². The molecule has 114 valence electrons. The molecule has 1 N–H and O–H groups in total. The second kappa shape index (κ2) is 6.40. The fourth-order valence-corrected chi connectivity index (χ4v) is 2.32. The maximum absolute atomic E-state index is 12.4. The lowest BCUT2D eigenvalue weighted by atomic mass is 10.0. The molecular formula is C19H17N3O. The third-order valence-corrected chi connectivity index (χ3v) is 3.79. The van der Waals surface area contributed by atoms with E-state index in [0.29, 0.717) is 17.1 Å². The second-order valence-corrected chi connectivity index (χ2v) is 5.36. The second-order valence-electron chi connectivity index (χ2n) is 5.36. The van der Waals surface area contributed by atoms with E-state index in [1.54, 1.807) is 12.4 Å². The van der Waals surface area contributed by atoms with Crippen molar-refractivity contribution in [3.8, 4) is 11.4 Å². The lowest BCUT2D eigenvalue weighted by Gasteiger charge is -2.09. The van der Waals surface area contributed by atoms with Gasteiger partial charge in [-0.25, -0.2) is 9.97 Å². The molecule has 0 spiro atoms. The Kier molecular flexibility index (Phi) is 4.15. The molecule has 0 saturated heterocycles. The molecule has 0 aliphatic carbocycles. The van der Waals surface area contributed by atoms with Gasteiger partial charge >= 0.3 is 0 Å². The van der Waals surface area contributed by atoms with Gasteiger partial charge in [0.1, 0.15) is 0 Å². The van der Waals surface area contributed by atoms with Gasteiger partial charge < -0.3 is 5.32 Å². The summed E-state index contributed by atoms with van der Waals surface area (Å²) in [4.78, 5) is 21.0. The molecular weight excluding hydrogens is 286 g/mol. The van der Waals surface area contributed by atoms with Gasteiger partial charge in [-0.3, -0.25) is 4.79 Å². The van der Waals surface area contributed by atoms with Crippen LogP contribution in [0.3, 0.4) is 0 Å². The van der Waals surface area contributed by atoms with Crippen molar-refractivity contribution >= 4 is 11.6 Å². The highest BCUT2D eigenvalue weighted by molar-refractivity contribution is 6.05. The molecule has 3 aromatic rings. The summed E-state index contributed by atoms with van der Waals surface area (Å²) < 4.78 is 0. The molecule has 0 bridgehead atoms. The highest BCUT2D eigenvalue weighted by Gasteiger charge is 2.11. The highest BCUT2D eigenvalue weighted by atomic mass is 16.1. The zero-order valence-electron chi connectivity index (χ0n) is 13.1. The topological polar surface area (TPSA) is 54.9 Å². The molecule has 0 aliphatic heterocycles. The third kappa shape index (κ3) is 3.26. The van der Waals surface area contributed by atoms with Crippen molar-refractivity contribution in [2.45, 2.75) is 13.8 Å². The van der Waals surface area contributed by atoms with E-state index >= 15 is 0 Å². The minimum Gasteiger partial charge on any atom is -0.319 e. The number of anilines is 1.